The highest BCUT2D eigenvalue weighted by Gasteiger charge is 2.23. The van der Waals surface area contributed by atoms with Crippen LogP contribution in [0.25, 0.3) is 0 Å². The molecule has 0 aliphatic carbocycles. The van der Waals surface area contributed by atoms with Crippen LogP contribution in [0.3, 0.4) is 0 Å². The summed E-state index contributed by atoms with van der Waals surface area (Å²) < 4.78 is 26.4. The van der Waals surface area contributed by atoms with Crippen LogP contribution < -0.4 is 20.3 Å². The number of nitrogens with zero attached hydrogens (tertiary/aromatic N) is 1. The van der Waals surface area contributed by atoms with Crippen molar-refractivity contribution in [1.29, 1.82) is 0 Å². The minimum Gasteiger partial charge on any atom is -0.371 e. The third-order valence-corrected chi connectivity index (χ3v) is 7.14. The van der Waals surface area contributed by atoms with E-state index in [1.165, 1.54) is 44.2 Å². The SMILES string of the molecule is CCCC[C@H](NC(=O)c1cccc(S(=O)(=O)NC)c1)C(=O)Nc1cccc(N2CCCC2)c1. The Bertz CT molecular complexity index is 1080. The maximum Gasteiger partial charge on any atom is 0.251 e. The van der Waals surface area contributed by atoms with E-state index in [0.29, 0.717) is 12.1 Å². The van der Waals surface area contributed by atoms with E-state index < -0.39 is 22.0 Å². The van der Waals surface area contributed by atoms with Gasteiger partial charge < -0.3 is 15.5 Å². The third-order valence-electron chi connectivity index (χ3n) is 5.73. The van der Waals surface area contributed by atoms with Crippen molar-refractivity contribution in [1.82, 2.24) is 10.0 Å². The van der Waals surface area contributed by atoms with Gasteiger partial charge in [-0.1, -0.05) is 31.9 Å². The fraction of sp³-hybridized carbons (Fsp3) is 0.417. The Hall–Kier alpha value is -2.91. The van der Waals surface area contributed by atoms with E-state index >= 15 is 0 Å². The summed E-state index contributed by atoms with van der Waals surface area (Å²) in [5.74, 6) is -0.792. The summed E-state index contributed by atoms with van der Waals surface area (Å²) in [7, 11) is -2.37. The van der Waals surface area contributed by atoms with E-state index in [1.807, 2.05) is 31.2 Å². The molecular weight excluding hydrogens is 440 g/mol. The van der Waals surface area contributed by atoms with Crippen LogP contribution in [0.2, 0.25) is 0 Å². The standard InChI is InChI=1S/C24H32N4O4S/c1-3-4-13-22(27-23(29)18-9-7-12-21(16-18)33(31,32)25-2)24(30)26-19-10-8-11-20(17-19)28-14-5-6-15-28/h7-12,16-17,22,25H,3-6,13-15H2,1-2H3,(H,26,30)(H,27,29)/t22-/m0/s1. The normalized spacial score (nSPS) is 14.7. The molecule has 0 bridgehead atoms. The van der Waals surface area contributed by atoms with E-state index in [0.717, 1.165) is 31.6 Å². The van der Waals surface area contributed by atoms with Gasteiger partial charge in [-0.15, -0.1) is 0 Å². The van der Waals surface area contributed by atoms with Crippen LogP contribution in [0.5, 0.6) is 0 Å². The maximum absolute atomic E-state index is 13.0. The molecule has 2 amide bonds. The number of nitrogens with one attached hydrogen (secondary N) is 3. The third kappa shape index (κ3) is 6.55. The molecule has 0 aromatic heterocycles. The van der Waals surface area contributed by atoms with Crippen LogP contribution in [0, 0.1) is 0 Å². The van der Waals surface area contributed by atoms with Crippen molar-refractivity contribution < 1.29 is 18.0 Å². The number of sulfonamides is 1. The lowest BCUT2D eigenvalue weighted by atomic mass is 10.1. The molecule has 1 saturated heterocycles. The molecule has 1 heterocycles. The number of rotatable bonds is 10. The molecule has 8 nitrogen and oxygen atoms in total. The molecule has 0 radical (unpaired) electrons. The minimum atomic E-state index is -3.68. The quantitative estimate of drug-likeness (QED) is 0.492. The summed E-state index contributed by atoms with van der Waals surface area (Å²) in [4.78, 5) is 28.2. The fourth-order valence-electron chi connectivity index (χ4n) is 3.83. The number of hydrogen-bond acceptors (Lipinski definition) is 5. The second-order valence-corrected chi connectivity index (χ2v) is 10.0. The molecule has 0 saturated carbocycles. The van der Waals surface area contributed by atoms with Gasteiger partial charge in [0.05, 0.1) is 4.90 Å². The van der Waals surface area contributed by atoms with Crippen LogP contribution in [0.4, 0.5) is 11.4 Å². The summed E-state index contributed by atoms with van der Waals surface area (Å²) >= 11 is 0. The number of anilines is 2. The van der Waals surface area contributed by atoms with E-state index in [1.54, 1.807) is 0 Å². The number of unbranched alkanes of at least 4 members (excludes halogenated alkanes) is 1. The van der Waals surface area contributed by atoms with Gasteiger partial charge in [0.2, 0.25) is 15.9 Å². The molecule has 2 aromatic carbocycles. The van der Waals surface area contributed by atoms with Gasteiger partial charge in [0.15, 0.2) is 0 Å². The van der Waals surface area contributed by atoms with Crippen LogP contribution in [-0.2, 0) is 14.8 Å². The number of hydrogen-bond donors (Lipinski definition) is 3. The van der Waals surface area contributed by atoms with Crippen molar-refractivity contribution in [2.45, 2.75) is 50.0 Å². The second kappa shape index (κ2) is 11.3. The first-order valence-corrected chi connectivity index (χ1v) is 12.8. The van der Waals surface area contributed by atoms with Crippen molar-refractivity contribution in [3.8, 4) is 0 Å². The van der Waals surface area contributed by atoms with Crippen molar-refractivity contribution in [3.05, 3.63) is 54.1 Å². The zero-order chi connectivity index (χ0) is 23.8. The minimum absolute atomic E-state index is 0.00839. The number of benzene rings is 2. The zero-order valence-electron chi connectivity index (χ0n) is 19.1. The number of carbonyl (C=O) groups excluding carboxylic acids is 2. The van der Waals surface area contributed by atoms with Gasteiger partial charge in [-0.25, -0.2) is 13.1 Å². The Morgan fingerprint density at radius 2 is 1.79 bits per heavy atom. The van der Waals surface area contributed by atoms with Gasteiger partial charge in [0.1, 0.15) is 6.04 Å². The first kappa shape index (κ1) is 24.7. The van der Waals surface area contributed by atoms with Gasteiger partial charge >= 0.3 is 0 Å². The summed E-state index contributed by atoms with van der Waals surface area (Å²) in [5.41, 5.74) is 1.93. The molecule has 0 spiro atoms. The van der Waals surface area contributed by atoms with Gasteiger partial charge in [-0.05, 0) is 62.7 Å². The molecule has 3 N–H and O–H groups in total. The van der Waals surface area contributed by atoms with Crippen molar-refractivity contribution in [2.75, 3.05) is 30.4 Å². The van der Waals surface area contributed by atoms with E-state index in [2.05, 4.69) is 20.3 Å². The van der Waals surface area contributed by atoms with E-state index in [-0.39, 0.29) is 16.4 Å². The Labute approximate surface area is 195 Å². The van der Waals surface area contributed by atoms with Gasteiger partial charge in [0.25, 0.3) is 5.91 Å². The van der Waals surface area contributed by atoms with E-state index in [4.69, 9.17) is 0 Å². The van der Waals surface area contributed by atoms with Crippen LogP contribution in [0.15, 0.2) is 53.4 Å². The molecule has 3 rings (SSSR count). The molecule has 178 valence electrons. The average molecular weight is 473 g/mol. The molecule has 9 heteroatoms. The first-order valence-electron chi connectivity index (χ1n) is 11.3. The molecular formula is C24H32N4O4S. The lowest BCUT2D eigenvalue weighted by Crippen LogP contribution is -2.43. The Morgan fingerprint density at radius 3 is 2.48 bits per heavy atom. The highest BCUT2D eigenvalue weighted by atomic mass is 32.2. The van der Waals surface area contributed by atoms with Crippen molar-refractivity contribution >= 4 is 33.2 Å². The zero-order valence-corrected chi connectivity index (χ0v) is 20.0. The molecule has 1 aliphatic rings. The van der Waals surface area contributed by atoms with Crippen LogP contribution in [0.1, 0.15) is 49.4 Å². The fourth-order valence-corrected chi connectivity index (χ4v) is 4.60. The topological polar surface area (TPSA) is 108 Å². The van der Waals surface area contributed by atoms with Crippen molar-refractivity contribution in [2.24, 2.45) is 0 Å². The lowest BCUT2D eigenvalue weighted by molar-refractivity contribution is -0.118. The Kier molecular flexibility index (Phi) is 8.46. The van der Waals surface area contributed by atoms with Crippen LogP contribution >= 0.6 is 0 Å². The summed E-state index contributed by atoms with van der Waals surface area (Å²) in [6, 6.07) is 12.7. The summed E-state index contributed by atoms with van der Waals surface area (Å²) in [5, 5.41) is 5.71. The lowest BCUT2D eigenvalue weighted by Gasteiger charge is -2.21. The molecule has 1 atom stereocenters. The second-order valence-electron chi connectivity index (χ2n) is 8.14. The predicted octanol–water partition coefficient (Wildman–Crippen LogP) is 3.12. The average Bonchev–Trinajstić information content (AvgIpc) is 3.37. The monoisotopic (exact) mass is 472 g/mol. The number of amides is 2. The van der Waals surface area contributed by atoms with Gasteiger partial charge in [-0.2, -0.15) is 0 Å². The van der Waals surface area contributed by atoms with Crippen molar-refractivity contribution in [3.63, 3.8) is 0 Å². The summed E-state index contributed by atoms with van der Waals surface area (Å²) in [6.45, 7) is 4.03. The highest BCUT2D eigenvalue weighted by Crippen LogP contribution is 2.23. The largest absolute Gasteiger partial charge is 0.371 e. The molecule has 1 fully saturated rings. The smallest absolute Gasteiger partial charge is 0.251 e. The molecule has 33 heavy (non-hydrogen) atoms. The summed E-state index contributed by atoms with van der Waals surface area (Å²) in [6.07, 6.45) is 4.45. The highest BCUT2D eigenvalue weighted by molar-refractivity contribution is 7.89. The molecule has 2 aromatic rings. The Morgan fingerprint density at radius 1 is 1.06 bits per heavy atom. The number of carbonyl (C=O) groups is 2. The van der Waals surface area contributed by atoms with Gasteiger partial charge in [0, 0.05) is 30.0 Å². The molecule has 1 aliphatic heterocycles. The van der Waals surface area contributed by atoms with Gasteiger partial charge in [-0.3, -0.25) is 9.59 Å². The maximum atomic E-state index is 13.0. The first-order chi connectivity index (χ1) is 15.8. The molecule has 0 unspecified atom stereocenters. The Balaban J connectivity index is 1.73. The van der Waals surface area contributed by atoms with E-state index in [9.17, 15) is 18.0 Å². The predicted molar refractivity (Wildman–Crippen MR) is 130 cm³/mol. The van der Waals surface area contributed by atoms with Crippen LogP contribution in [-0.4, -0.2) is 46.4 Å².